The SMILES string of the molecule is [Li+].[c-]1nc2ccccc2s1. The minimum Gasteiger partial charge on any atom is -0.386 e. The Labute approximate surface area is 75.3 Å². The predicted molar refractivity (Wildman–Crippen MR) is 38.5 cm³/mol. The zero-order chi connectivity index (χ0) is 6.10. The summed E-state index contributed by atoms with van der Waals surface area (Å²) in [6.07, 6.45) is 0. The van der Waals surface area contributed by atoms with Gasteiger partial charge in [0.1, 0.15) is 0 Å². The van der Waals surface area contributed by atoms with Crippen LogP contribution in [0.15, 0.2) is 24.3 Å². The number of benzene rings is 1. The van der Waals surface area contributed by atoms with Crippen molar-refractivity contribution >= 4 is 21.6 Å². The first-order valence-electron chi connectivity index (χ1n) is 2.68. The number of aromatic nitrogens is 1. The Bertz CT molecular complexity index is 288. The third-order valence-corrected chi connectivity index (χ3v) is 1.93. The van der Waals surface area contributed by atoms with Crippen LogP contribution in [0.1, 0.15) is 0 Å². The molecular weight excluding hydrogens is 137 g/mol. The molecule has 1 aromatic carbocycles. The molecule has 1 aromatic heterocycles. The van der Waals surface area contributed by atoms with E-state index in [-0.39, 0.29) is 18.9 Å². The molecule has 0 bridgehead atoms. The van der Waals surface area contributed by atoms with Gasteiger partial charge in [-0.3, -0.25) is 11.3 Å². The van der Waals surface area contributed by atoms with Crippen LogP contribution in [-0.2, 0) is 0 Å². The number of thiazole rings is 1. The Kier molecular flexibility index (Phi) is 2.50. The van der Waals surface area contributed by atoms with Crippen LogP contribution >= 0.6 is 11.3 Å². The summed E-state index contributed by atoms with van der Waals surface area (Å²) in [5.74, 6) is 0. The smallest absolute Gasteiger partial charge is 0.386 e. The molecule has 10 heavy (non-hydrogen) atoms. The fraction of sp³-hybridized carbons (Fsp3) is 0. The second-order valence-electron chi connectivity index (χ2n) is 1.77. The van der Waals surface area contributed by atoms with E-state index in [1.165, 1.54) is 4.70 Å². The van der Waals surface area contributed by atoms with E-state index in [2.05, 4.69) is 10.5 Å². The molecule has 2 aromatic rings. The van der Waals surface area contributed by atoms with Gasteiger partial charge in [0.15, 0.2) is 0 Å². The molecule has 0 aliphatic heterocycles. The van der Waals surface area contributed by atoms with Gasteiger partial charge < -0.3 is 4.98 Å². The number of hydrogen-bond acceptors (Lipinski definition) is 2. The summed E-state index contributed by atoms with van der Waals surface area (Å²) in [7, 11) is 0. The predicted octanol–water partition coefficient (Wildman–Crippen LogP) is -0.900. The van der Waals surface area contributed by atoms with Crippen molar-refractivity contribution in [3.8, 4) is 0 Å². The van der Waals surface area contributed by atoms with Gasteiger partial charge in [-0.2, -0.15) is 0 Å². The number of para-hydroxylation sites is 1. The van der Waals surface area contributed by atoms with Gasteiger partial charge in [-0.05, 0) is 5.51 Å². The van der Waals surface area contributed by atoms with Crippen molar-refractivity contribution in [3.63, 3.8) is 0 Å². The van der Waals surface area contributed by atoms with Crippen molar-refractivity contribution in [3.05, 3.63) is 29.8 Å². The molecule has 0 fully saturated rings. The molecule has 44 valence electrons. The maximum absolute atomic E-state index is 4.01. The van der Waals surface area contributed by atoms with E-state index >= 15 is 0 Å². The van der Waals surface area contributed by atoms with Crippen molar-refractivity contribution in [1.82, 2.24) is 4.98 Å². The van der Waals surface area contributed by atoms with Gasteiger partial charge in [-0.25, -0.2) is 0 Å². The molecule has 2 rings (SSSR count). The summed E-state index contributed by atoms with van der Waals surface area (Å²) >= 11 is 1.55. The Morgan fingerprint density at radius 3 is 2.90 bits per heavy atom. The van der Waals surface area contributed by atoms with Crippen LogP contribution in [0.2, 0.25) is 0 Å². The summed E-state index contributed by atoms with van der Waals surface area (Å²) in [5.41, 5.74) is 3.87. The van der Waals surface area contributed by atoms with Crippen molar-refractivity contribution in [2.24, 2.45) is 0 Å². The maximum Gasteiger partial charge on any atom is 1.00 e. The van der Waals surface area contributed by atoms with E-state index in [9.17, 15) is 0 Å². The Balaban J connectivity index is 0.000000500. The molecule has 1 nitrogen and oxygen atoms in total. The van der Waals surface area contributed by atoms with E-state index in [1.807, 2.05) is 24.3 Å². The molecule has 1 heterocycles. The minimum atomic E-state index is 0. The van der Waals surface area contributed by atoms with Gasteiger partial charge in [-0.15, -0.1) is 16.8 Å². The van der Waals surface area contributed by atoms with E-state index in [4.69, 9.17) is 0 Å². The Morgan fingerprint density at radius 2 is 2.10 bits per heavy atom. The van der Waals surface area contributed by atoms with Crippen LogP contribution in [0.5, 0.6) is 0 Å². The molecule has 0 unspecified atom stereocenters. The number of hydrogen-bond donors (Lipinski definition) is 0. The molecule has 0 saturated carbocycles. The van der Waals surface area contributed by atoms with Crippen LogP contribution in [0.25, 0.3) is 10.2 Å². The average molecular weight is 141 g/mol. The van der Waals surface area contributed by atoms with Gasteiger partial charge in [-0.1, -0.05) is 17.6 Å². The molecule has 0 aliphatic rings. The Hall–Kier alpha value is -0.293. The zero-order valence-corrected chi connectivity index (χ0v) is 6.48. The topological polar surface area (TPSA) is 12.9 Å². The van der Waals surface area contributed by atoms with E-state index in [0.29, 0.717) is 0 Å². The summed E-state index contributed by atoms with van der Waals surface area (Å²) in [6.45, 7) is 0. The summed E-state index contributed by atoms with van der Waals surface area (Å²) in [4.78, 5) is 4.01. The summed E-state index contributed by atoms with van der Waals surface area (Å²) in [6, 6.07) is 8.02. The van der Waals surface area contributed by atoms with Crippen LogP contribution in [0.3, 0.4) is 0 Å². The third-order valence-electron chi connectivity index (χ3n) is 1.19. The molecule has 0 amide bonds. The first-order valence-corrected chi connectivity index (χ1v) is 3.50. The number of fused-ring (bicyclic) bond motifs is 1. The fourth-order valence-electron chi connectivity index (χ4n) is 0.757. The van der Waals surface area contributed by atoms with Crippen molar-refractivity contribution in [2.75, 3.05) is 0 Å². The molecular formula is C7H4LiNS. The first-order chi connectivity index (χ1) is 4.47. The first kappa shape index (κ1) is 7.81. The van der Waals surface area contributed by atoms with Crippen molar-refractivity contribution in [1.29, 1.82) is 0 Å². The van der Waals surface area contributed by atoms with E-state index in [1.54, 1.807) is 11.3 Å². The summed E-state index contributed by atoms with van der Waals surface area (Å²) < 4.78 is 1.21. The van der Waals surface area contributed by atoms with Gasteiger partial charge >= 0.3 is 18.9 Å². The van der Waals surface area contributed by atoms with Crippen molar-refractivity contribution in [2.45, 2.75) is 0 Å². The largest absolute Gasteiger partial charge is 1.00 e. The molecule has 0 spiro atoms. The van der Waals surface area contributed by atoms with Crippen LogP contribution in [0.4, 0.5) is 0 Å². The second kappa shape index (κ2) is 3.20. The van der Waals surface area contributed by atoms with Gasteiger partial charge in [0.2, 0.25) is 0 Å². The fourth-order valence-corrected chi connectivity index (χ4v) is 1.36. The molecule has 0 aliphatic carbocycles. The number of rotatable bonds is 0. The third kappa shape index (κ3) is 1.24. The van der Waals surface area contributed by atoms with E-state index in [0.717, 1.165) is 5.52 Å². The van der Waals surface area contributed by atoms with Crippen molar-refractivity contribution < 1.29 is 18.9 Å². The Morgan fingerprint density at radius 1 is 1.30 bits per heavy atom. The van der Waals surface area contributed by atoms with Crippen LogP contribution in [0, 0.1) is 5.51 Å². The molecule has 3 heteroatoms. The molecule has 0 N–H and O–H groups in total. The zero-order valence-electron chi connectivity index (χ0n) is 5.66. The quantitative estimate of drug-likeness (QED) is 0.342. The number of nitrogens with zero attached hydrogens (tertiary/aromatic N) is 1. The minimum absolute atomic E-state index is 0. The molecule has 0 saturated heterocycles. The van der Waals surface area contributed by atoms with Gasteiger partial charge in [0.05, 0.1) is 0 Å². The van der Waals surface area contributed by atoms with E-state index < -0.39 is 0 Å². The molecule has 0 radical (unpaired) electrons. The normalized spacial score (nSPS) is 9.20. The van der Waals surface area contributed by atoms with Crippen LogP contribution in [-0.4, -0.2) is 4.98 Å². The summed E-state index contributed by atoms with van der Waals surface area (Å²) in [5, 5.41) is 0. The monoisotopic (exact) mass is 141 g/mol. The second-order valence-corrected chi connectivity index (χ2v) is 2.60. The van der Waals surface area contributed by atoms with Crippen LogP contribution < -0.4 is 18.9 Å². The molecule has 0 atom stereocenters. The average Bonchev–Trinajstić information content (AvgIpc) is 2.33. The maximum atomic E-state index is 4.01. The van der Waals surface area contributed by atoms with Gasteiger partial charge in [0.25, 0.3) is 0 Å². The van der Waals surface area contributed by atoms with Gasteiger partial charge in [0, 0.05) is 0 Å². The standard InChI is InChI=1S/C7H4NS.Li/c1-2-4-7-6(3-1)8-5-9-7;/h1-4H;/q-1;+1.